The molecule has 0 saturated carbocycles. The third kappa shape index (κ3) is 4.28. The number of rotatable bonds is 8. The van der Waals surface area contributed by atoms with E-state index in [-0.39, 0.29) is 5.91 Å². The standard InChI is InChI=1S/C21H26N2O3/c1-25-18-8-9-20(26-2)17(15-18)7-10-21(24)22-12-14-23-13-11-16-5-3-4-6-19(16)23/h3-6,8-9,15H,7,10-14H2,1-2H3,(H,22,24). The number of anilines is 1. The highest BCUT2D eigenvalue weighted by molar-refractivity contribution is 5.76. The van der Waals surface area contributed by atoms with Gasteiger partial charge < -0.3 is 19.7 Å². The largest absolute Gasteiger partial charge is 0.497 e. The van der Waals surface area contributed by atoms with E-state index in [9.17, 15) is 4.79 Å². The molecule has 1 heterocycles. The second-order valence-corrected chi connectivity index (χ2v) is 6.39. The number of carbonyl (C=O) groups is 1. The van der Waals surface area contributed by atoms with Crippen LogP contribution in [0.1, 0.15) is 17.5 Å². The number of ether oxygens (including phenoxy) is 2. The minimum absolute atomic E-state index is 0.0577. The van der Waals surface area contributed by atoms with Crippen LogP contribution in [0.25, 0.3) is 0 Å². The minimum atomic E-state index is 0.0577. The minimum Gasteiger partial charge on any atom is -0.497 e. The summed E-state index contributed by atoms with van der Waals surface area (Å²) in [7, 11) is 3.27. The Balaban J connectivity index is 1.45. The Bertz CT molecular complexity index is 761. The van der Waals surface area contributed by atoms with E-state index in [4.69, 9.17) is 9.47 Å². The molecule has 0 saturated heterocycles. The summed E-state index contributed by atoms with van der Waals surface area (Å²) in [6.07, 6.45) is 2.14. The van der Waals surface area contributed by atoms with Gasteiger partial charge in [-0.05, 0) is 48.2 Å². The van der Waals surface area contributed by atoms with E-state index >= 15 is 0 Å². The van der Waals surface area contributed by atoms with Gasteiger partial charge in [-0.2, -0.15) is 0 Å². The molecule has 26 heavy (non-hydrogen) atoms. The summed E-state index contributed by atoms with van der Waals surface area (Å²) in [6.45, 7) is 2.52. The van der Waals surface area contributed by atoms with E-state index in [1.807, 2.05) is 18.2 Å². The van der Waals surface area contributed by atoms with Crippen LogP contribution in [0.5, 0.6) is 11.5 Å². The van der Waals surface area contributed by atoms with Gasteiger partial charge >= 0.3 is 0 Å². The lowest BCUT2D eigenvalue weighted by Crippen LogP contribution is -2.34. The number of fused-ring (bicyclic) bond motifs is 1. The predicted molar refractivity (Wildman–Crippen MR) is 103 cm³/mol. The molecular formula is C21H26N2O3. The van der Waals surface area contributed by atoms with Gasteiger partial charge in [0.25, 0.3) is 0 Å². The van der Waals surface area contributed by atoms with Crippen LogP contribution in [0.3, 0.4) is 0 Å². The monoisotopic (exact) mass is 354 g/mol. The topological polar surface area (TPSA) is 50.8 Å². The Morgan fingerprint density at radius 3 is 2.81 bits per heavy atom. The lowest BCUT2D eigenvalue weighted by atomic mass is 10.1. The first kappa shape index (κ1) is 18.1. The number of benzene rings is 2. The first-order chi connectivity index (χ1) is 12.7. The van der Waals surface area contributed by atoms with Crippen molar-refractivity contribution >= 4 is 11.6 Å². The van der Waals surface area contributed by atoms with Gasteiger partial charge in [0.15, 0.2) is 0 Å². The van der Waals surface area contributed by atoms with Crippen LogP contribution in [0, 0.1) is 0 Å². The quantitative estimate of drug-likeness (QED) is 0.792. The first-order valence-electron chi connectivity index (χ1n) is 9.01. The van der Waals surface area contributed by atoms with Gasteiger partial charge in [-0.1, -0.05) is 18.2 Å². The van der Waals surface area contributed by atoms with Crippen molar-refractivity contribution in [1.82, 2.24) is 5.32 Å². The summed E-state index contributed by atoms with van der Waals surface area (Å²) >= 11 is 0. The molecule has 0 bridgehead atoms. The van der Waals surface area contributed by atoms with Crippen molar-refractivity contribution < 1.29 is 14.3 Å². The zero-order valence-electron chi connectivity index (χ0n) is 15.5. The van der Waals surface area contributed by atoms with Crippen LogP contribution in [0.2, 0.25) is 0 Å². The fourth-order valence-electron chi connectivity index (χ4n) is 3.38. The first-order valence-corrected chi connectivity index (χ1v) is 9.01. The van der Waals surface area contributed by atoms with E-state index < -0.39 is 0 Å². The van der Waals surface area contributed by atoms with Crippen molar-refractivity contribution in [3.63, 3.8) is 0 Å². The fourth-order valence-corrected chi connectivity index (χ4v) is 3.38. The molecular weight excluding hydrogens is 328 g/mol. The highest BCUT2D eigenvalue weighted by Gasteiger charge is 2.17. The molecule has 0 radical (unpaired) electrons. The number of para-hydroxylation sites is 1. The van der Waals surface area contributed by atoms with E-state index in [1.54, 1.807) is 14.2 Å². The molecule has 3 rings (SSSR count). The number of carbonyl (C=O) groups excluding carboxylic acids is 1. The Hall–Kier alpha value is -2.69. The van der Waals surface area contributed by atoms with Gasteiger partial charge in [0, 0.05) is 31.7 Å². The highest BCUT2D eigenvalue weighted by atomic mass is 16.5. The molecule has 5 nitrogen and oxygen atoms in total. The molecule has 1 N–H and O–H groups in total. The van der Waals surface area contributed by atoms with Crippen molar-refractivity contribution in [2.24, 2.45) is 0 Å². The number of methoxy groups -OCH3 is 2. The maximum absolute atomic E-state index is 12.2. The van der Waals surface area contributed by atoms with E-state index in [0.717, 1.165) is 36.6 Å². The van der Waals surface area contributed by atoms with Gasteiger partial charge in [-0.25, -0.2) is 0 Å². The van der Waals surface area contributed by atoms with Crippen LogP contribution in [-0.2, 0) is 17.6 Å². The van der Waals surface area contributed by atoms with Crippen LogP contribution >= 0.6 is 0 Å². The zero-order chi connectivity index (χ0) is 18.4. The molecule has 0 spiro atoms. The van der Waals surface area contributed by atoms with Gasteiger partial charge in [0.05, 0.1) is 14.2 Å². The normalized spacial score (nSPS) is 12.6. The molecule has 1 amide bonds. The van der Waals surface area contributed by atoms with Gasteiger partial charge in [-0.15, -0.1) is 0 Å². The fraction of sp³-hybridized carbons (Fsp3) is 0.381. The average molecular weight is 354 g/mol. The summed E-state index contributed by atoms with van der Waals surface area (Å²) in [4.78, 5) is 14.5. The summed E-state index contributed by atoms with van der Waals surface area (Å²) in [6, 6.07) is 14.1. The van der Waals surface area contributed by atoms with Crippen molar-refractivity contribution in [2.75, 3.05) is 38.8 Å². The SMILES string of the molecule is COc1ccc(OC)c(CCC(=O)NCCN2CCc3ccccc32)c1. The van der Waals surface area contributed by atoms with E-state index in [2.05, 4.69) is 34.5 Å². The van der Waals surface area contributed by atoms with E-state index in [0.29, 0.717) is 19.4 Å². The maximum atomic E-state index is 12.2. The smallest absolute Gasteiger partial charge is 0.220 e. The molecule has 0 fully saturated rings. The van der Waals surface area contributed by atoms with Crippen LogP contribution < -0.4 is 19.7 Å². The molecule has 2 aromatic rings. The second-order valence-electron chi connectivity index (χ2n) is 6.39. The Kier molecular flexibility index (Phi) is 6.00. The highest BCUT2D eigenvalue weighted by Crippen LogP contribution is 2.27. The third-order valence-electron chi connectivity index (χ3n) is 4.80. The third-order valence-corrected chi connectivity index (χ3v) is 4.80. The van der Waals surface area contributed by atoms with Crippen molar-refractivity contribution in [2.45, 2.75) is 19.3 Å². The Labute approximate surface area is 154 Å². The summed E-state index contributed by atoms with van der Waals surface area (Å²) in [5, 5.41) is 3.02. The van der Waals surface area contributed by atoms with Crippen LogP contribution in [0.15, 0.2) is 42.5 Å². The van der Waals surface area contributed by atoms with E-state index in [1.165, 1.54) is 11.3 Å². The Morgan fingerprint density at radius 1 is 1.15 bits per heavy atom. The van der Waals surface area contributed by atoms with Gasteiger partial charge in [0.1, 0.15) is 11.5 Å². The molecule has 138 valence electrons. The second kappa shape index (κ2) is 8.61. The zero-order valence-corrected chi connectivity index (χ0v) is 15.5. The predicted octanol–water partition coefficient (Wildman–Crippen LogP) is 2.82. The molecule has 0 aliphatic carbocycles. The molecule has 0 atom stereocenters. The number of amides is 1. The number of nitrogens with one attached hydrogen (secondary N) is 1. The summed E-state index contributed by atoms with van der Waals surface area (Å²) < 4.78 is 10.6. The van der Waals surface area contributed by atoms with Gasteiger partial charge in [0.2, 0.25) is 5.91 Å². The summed E-state index contributed by atoms with van der Waals surface area (Å²) in [5.41, 5.74) is 3.67. The average Bonchev–Trinajstić information content (AvgIpc) is 3.09. The number of hydrogen-bond acceptors (Lipinski definition) is 4. The van der Waals surface area contributed by atoms with Crippen molar-refractivity contribution in [3.8, 4) is 11.5 Å². The maximum Gasteiger partial charge on any atom is 0.220 e. The van der Waals surface area contributed by atoms with Crippen LogP contribution in [0.4, 0.5) is 5.69 Å². The van der Waals surface area contributed by atoms with Crippen LogP contribution in [-0.4, -0.2) is 39.8 Å². The molecule has 5 heteroatoms. The Morgan fingerprint density at radius 2 is 2.00 bits per heavy atom. The number of aryl methyl sites for hydroxylation is 1. The molecule has 1 aliphatic heterocycles. The van der Waals surface area contributed by atoms with Crippen molar-refractivity contribution in [3.05, 3.63) is 53.6 Å². The molecule has 2 aromatic carbocycles. The van der Waals surface area contributed by atoms with Crippen molar-refractivity contribution in [1.29, 1.82) is 0 Å². The lowest BCUT2D eigenvalue weighted by Gasteiger charge is -2.19. The summed E-state index contributed by atoms with van der Waals surface area (Å²) in [5.74, 6) is 1.61. The molecule has 0 aromatic heterocycles. The molecule has 0 unspecified atom stereocenters. The van der Waals surface area contributed by atoms with Gasteiger partial charge in [-0.3, -0.25) is 4.79 Å². The lowest BCUT2D eigenvalue weighted by molar-refractivity contribution is -0.120. The number of nitrogens with zero attached hydrogens (tertiary/aromatic N) is 1. The number of hydrogen-bond donors (Lipinski definition) is 1. The molecule has 1 aliphatic rings.